The lowest BCUT2D eigenvalue weighted by atomic mass is 10.0. The van der Waals surface area contributed by atoms with Crippen LogP contribution in [-0.2, 0) is 11.8 Å². The second-order valence-corrected chi connectivity index (χ2v) is 8.87. The van der Waals surface area contributed by atoms with Crippen LogP contribution in [0.25, 0.3) is 6.08 Å². The highest BCUT2D eigenvalue weighted by molar-refractivity contribution is 8.26. The Labute approximate surface area is 180 Å². The molecule has 1 aromatic heterocycles. The van der Waals surface area contributed by atoms with E-state index in [1.54, 1.807) is 30.7 Å². The van der Waals surface area contributed by atoms with E-state index in [1.807, 2.05) is 6.07 Å². The molecule has 3 rings (SSSR count). The monoisotopic (exact) mass is 428 g/mol. The molecule has 0 atom stereocenters. The van der Waals surface area contributed by atoms with Crippen molar-refractivity contribution in [1.29, 1.82) is 5.26 Å². The topological polar surface area (TPSA) is 69.3 Å². The van der Waals surface area contributed by atoms with E-state index in [9.17, 15) is 14.9 Å². The molecule has 3 heterocycles. The molecule has 0 saturated carbocycles. The fraction of sp³-hybridized carbons (Fsp3) is 0.429. The number of pyridine rings is 1. The van der Waals surface area contributed by atoms with Gasteiger partial charge in [0.2, 0.25) is 0 Å². The van der Waals surface area contributed by atoms with E-state index in [2.05, 4.69) is 11.5 Å². The van der Waals surface area contributed by atoms with Gasteiger partial charge in [-0.3, -0.25) is 19.1 Å². The highest BCUT2D eigenvalue weighted by Gasteiger charge is 2.32. The van der Waals surface area contributed by atoms with E-state index in [0.717, 1.165) is 50.2 Å². The minimum absolute atomic E-state index is 0.110. The van der Waals surface area contributed by atoms with Crippen molar-refractivity contribution in [3.05, 3.63) is 44.6 Å². The normalized spacial score (nSPS) is 18.9. The molecular formula is C21H24N4O2S2. The average molecular weight is 429 g/mol. The fourth-order valence-corrected chi connectivity index (χ4v) is 5.05. The number of carbonyl (C=O) groups excluding carboxylic acids is 1. The van der Waals surface area contributed by atoms with E-state index in [0.29, 0.717) is 21.3 Å². The average Bonchev–Trinajstić information content (AvgIpc) is 2.88. The summed E-state index contributed by atoms with van der Waals surface area (Å²) in [7, 11) is 1.70. The zero-order chi connectivity index (χ0) is 21.1. The Bertz CT molecular complexity index is 995. The number of carbonyl (C=O) groups is 1. The first kappa shape index (κ1) is 21.3. The summed E-state index contributed by atoms with van der Waals surface area (Å²) < 4.78 is 2.04. The fourth-order valence-electron chi connectivity index (χ4n) is 3.79. The Hall–Kier alpha value is -2.37. The molecule has 2 aliphatic heterocycles. The number of nitrogens with zero attached hydrogens (tertiary/aromatic N) is 4. The van der Waals surface area contributed by atoms with Crippen LogP contribution in [0, 0.1) is 18.3 Å². The Morgan fingerprint density at radius 2 is 1.90 bits per heavy atom. The van der Waals surface area contributed by atoms with Crippen LogP contribution in [0.5, 0.6) is 0 Å². The van der Waals surface area contributed by atoms with Gasteiger partial charge in [0.25, 0.3) is 11.5 Å². The van der Waals surface area contributed by atoms with E-state index >= 15 is 0 Å². The Balaban J connectivity index is 2.19. The quantitative estimate of drug-likeness (QED) is 0.416. The molecule has 2 saturated heterocycles. The Morgan fingerprint density at radius 3 is 2.48 bits per heavy atom. The Kier molecular flexibility index (Phi) is 6.60. The van der Waals surface area contributed by atoms with E-state index in [4.69, 9.17) is 12.2 Å². The summed E-state index contributed by atoms with van der Waals surface area (Å²) in [6, 6.07) is 2.04. The summed E-state index contributed by atoms with van der Waals surface area (Å²) in [6.07, 6.45) is 7.85. The summed E-state index contributed by atoms with van der Waals surface area (Å²) in [6.45, 7) is 7.50. The van der Waals surface area contributed by atoms with Gasteiger partial charge >= 0.3 is 0 Å². The molecule has 0 spiro atoms. The third-order valence-corrected chi connectivity index (χ3v) is 6.71. The lowest BCUT2D eigenvalue weighted by Crippen LogP contribution is -2.34. The zero-order valence-electron chi connectivity index (χ0n) is 16.7. The molecule has 29 heavy (non-hydrogen) atoms. The van der Waals surface area contributed by atoms with Gasteiger partial charge in [0.05, 0.1) is 4.91 Å². The van der Waals surface area contributed by atoms with Gasteiger partial charge in [0.1, 0.15) is 21.8 Å². The number of aromatic nitrogens is 1. The van der Waals surface area contributed by atoms with Gasteiger partial charge in [-0.1, -0.05) is 42.9 Å². The third-order valence-electron chi connectivity index (χ3n) is 5.33. The summed E-state index contributed by atoms with van der Waals surface area (Å²) >= 11 is 6.58. The maximum atomic E-state index is 12.8. The molecule has 0 bridgehead atoms. The molecule has 0 unspecified atom stereocenters. The van der Waals surface area contributed by atoms with E-state index in [-0.39, 0.29) is 17.0 Å². The molecule has 1 amide bonds. The van der Waals surface area contributed by atoms with Crippen molar-refractivity contribution in [1.82, 2.24) is 9.47 Å². The predicted octanol–water partition coefficient (Wildman–Crippen LogP) is 3.33. The van der Waals surface area contributed by atoms with Gasteiger partial charge in [0, 0.05) is 32.2 Å². The van der Waals surface area contributed by atoms with Crippen molar-refractivity contribution in [3.63, 3.8) is 0 Å². The zero-order valence-corrected chi connectivity index (χ0v) is 18.4. The van der Waals surface area contributed by atoms with Crippen molar-refractivity contribution >= 4 is 46.1 Å². The first-order chi connectivity index (χ1) is 13.9. The van der Waals surface area contributed by atoms with Gasteiger partial charge in [0.15, 0.2) is 0 Å². The highest BCUT2D eigenvalue weighted by atomic mass is 32.2. The van der Waals surface area contributed by atoms with Gasteiger partial charge in [-0.05, 0) is 31.4 Å². The second kappa shape index (κ2) is 8.97. The van der Waals surface area contributed by atoms with Crippen LogP contribution in [0.4, 0.5) is 5.82 Å². The van der Waals surface area contributed by atoms with Crippen molar-refractivity contribution < 1.29 is 4.79 Å². The van der Waals surface area contributed by atoms with Crippen molar-refractivity contribution in [3.8, 4) is 6.07 Å². The van der Waals surface area contributed by atoms with Crippen LogP contribution >= 0.6 is 24.0 Å². The van der Waals surface area contributed by atoms with Crippen molar-refractivity contribution in [2.75, 3.05) is 24.5 Å². The number of rotatable bonds is 4. The lowest BCUT2D eigenvalue weighted by molar-refractivity contribution is -0.121. The van der Waals surface area contributed by atoms with E-state index in [1.165, 1.54) is 16.7 Å². The molecular weight excluding hydrogens is 404 g/mol. The first-order valence-corrected chi connectivity index (χ1v) is 10.9. The molecule has 6 nitrogen and oxygen atoms in total. The number of hydrogen-bond donors (Lipinski definition) is 0. The van der Waals surface area contributed by atoms with Crippen LogP contribution < -0.4 is 10.5 Å². The number of nitriles is 1. The molecule has 0 aliphatic carbocycles. The number of thioether (sulfide) groups is 1. The molecule has 8 heteroatoms. The number of thiocarbonyl (C=S) groups is 1. The standard InChI is InChI=1S/C21H24N4O2S2/c1-4-9-25-20(27)17(29-21(25)28)12-15-14(2)16(13-22)19(26)23(3)18(15)24-10-7-5-6-8-11-24/h4,12H,1,5-11H2,2-3H3. The summed E-state index contributed by atoms with van der Waals surface area (Å²) in [5.41, 5.74) is 1.15. The third kappa shape index (κ3) is 4.02. The number of hydrogen-bond acceptors (Lipinski definition) is 6. The van der Waals surface area contributed by atoms with E-state index < -0.39 is 0 Å². The highest BCUT2D eigenvalue weighted by Crippen LogP contribution is 2.36. The largest absolute Gasteiger partial charge is 0.357 e. The minimum Gasteiger partial charge on any atom is -0.357 e. The first-order valence-electron chi connectivity index (χ1n) is 9.65. The van der Waals surface area contributed by atoms with Crippen LogP contribution in [0.1, 0.15) is 42.4 Å². The van der Waals surface area contributed by atoms with Crippen LogP contribution in [-0.4, -0.2) is 39.3 Å². The van der Waals surface area contributed by atoms with Crippen LogP contribution in [0.3, 0.4) is 0 Å². The van der Waals surface area contributed by atoms with Crippen molar-refractivity contribution in [2.24, 2.45) is 7.05 Å². The summed E-state index contributed by atoms with van der Waals surface area (Å²) in [5, 5.41) is 9.55. The smallest absolute Gasteiger partial charge is 0.270 e. The maximum absolute atomic E-state index is 12.8. The minimum atomic E-state index is -0.305. The Morgan fingerprint density at radius 1 is 1.24 bits per heavy atom. The maximum Gasteiger partial charge on any atom is 0.270 e. The van der Waals surface area contributed by atoms with Crippen LogP contribution in [0.2, 0.25) is 0 Å². The molecule has 0 radical (unpaired) electrons. The van der Waals surface area contributed by atoms with Crippen LogP contribution in [0.15, 0.2) is 22.4 Å². The molecule has 2 fully saturated rings. The SMILES string of the molecule is C=CCN1C(=O)C(=Cc2c(C)c(C#N)c(=O)n(C)c2N2CCCCCC2)SC1=S. The molecule has 152 valence electrons. The number of amides is 1. The van der Waals surface area contributed by atoms with Crippen molar-refractivity contribution in [2.45, 2.75) is 32.6 Å². The number of anilines is 1. The molecule has 2 aliphatic rings. The van der Waals surface area contributed by atoms with Gasteiger partial charge in [-0.25, -0.2) is 0 Å². The van der Waals surface area contributed by atoms with Gasteiger partial charge in [-0.15, -0.1) is 6.58 Å². The molecule has 0 N–H and O–H groups in total. The lowest BCUT2D eigenvalue weighted by Gasteiger charge is -2.28. The van der Waals surface area contributed by atoms with Gasteiger partial charge < -0.3 is 4.90 Å². The van der Waals surface area contributed by atoms with Gasteiger partial charge in [-0.2, -0.15) is 5.26 Å². The second-order valence-electron chi connectivity index (χ2n) is 7.20. The molecule has 1 aromatic rings. The summed E-state index contributed by atoms with van der Waals surface area (Å²) in [5.74, 6) is 0.593. The summed E-state index contributed by atoms with van der Waals surface area (Å²) in [4.78, 5) is 29.8. The predicted molar refractivity (Wildman–Crippen MR) is 122 cm³/mol. The molecule has 0 aromatic carbocycles.